The molecule has 2 aromatic carbocycles. The minimum Gasteiger partial charge on any atom is -0.497 e. The van der Waals surface area contributed by atoms with Crippen LogP contribution < -0.4 is 9.64 Å². The maximum Gasteiger partial charge on any atom is 0.221 e. The number of benzene rings is 2. The molecule has 0 radical (unpaired) electrons. The largest absolute Gasteiger partial charge is 0.497 e. The molecule has 0 aromatic heterocycles. The molecule has 0 saturated carbocycles. The van der Waals surface area contributed by atoms with Crippen LogP contribution >= 0.6 is 0 Å². The van der Waals surface area contributed by atoms with Gasteiger partial charge in [0.1, 0.15) is 16.8 Å². The number of ether oxygens (including phenoxy) is 1. The molecular formula is C21H26FN3O4S. The zero-order valence-electron chi connectivity index (χ0n) is 17.1. The molecule has 0 amide bonds. The van der Waals surface area contributed by atoms with E-state index in [9.17, 15) is 12.8 Å². The average molecular weight is 436 g/mol. The summed E-state index contributed by atoms with van der Waals surface area (Å²) in [4.78, 5) is 7.50. The Morgan fingerprint density at radius 3 is 2.50 bits per heavy atom. The molecule has 2 heterocycles. The number of sulfonamides is 1. The van der Waals surface area contributed by atoms with Crippen molar-refractivity contribution >= 4 is 15.7 Å². The third kappa shape index (κ3) is 3.90. The molecule has 2 aliphatic rings. The number of hydroxylamine groups is 2. The fourth-order valence-electron chi connectivity index (χ4n) is 4.18. The molecular weight excluding hydrogens is 409 g/mol. The van der Waals surface area contributed by atoms with Crippen LogP contribution in [0.15, 0.2) is 48.5 Å². The van der Waals surface area contributed by atoms with Crippen molar-refractivity contribution in [2.45, 2.75) is 11.3 Å². The van der Waals surface area contributed by atoms with Gasteiger partial charge in [0.05, 0.1) is 25.4 Å². The van der Waals surface area contributed by atoms with Crippen LogP contribution in [0.1, 0.15) is 11.6 Å². The first-order chi connectivity index (χ1) is 14.4. The molecule has 2 saturated heterocycles. The topological polar surface area (TPSA) is 62.3 Å². The van der Waals surface area contributed by atoms with Gasteiger partial charge in [0.25, 0.3) is 0 Å². The van der Waals surface area contributed by atoms with Crippen LogP contribution in [-0.2, 0) is 14.9 Å². The van der Waals surface area contributed by atoms with Crippen LogP contribution in [0.5, 0.6) is 5.75 Å². The smallest absolute Gasteiger partial charge is 0.221 e. The van der Waals surface area contributed by atoms with E-state index >= 15 is 0 Å². The molecule has 0 spiro atoms. The number of piperazine rings is 1. The molecule has 2 atom stereocenters. The maximum absolute atomic E-state index is 14.1. The summed E-state index contributed by atoms with van der Waals surface area (Å²) in [5.74, 6) is 0.375. The van der Waals surface area contributed by atoms with Gasteiger partial charge < -0.3 is 9.64 Å². The first-order valence-electron chi connectivity index (χ1n) is 9.90. The molecule has 30 heavy (non-hydrogen) atoms. The number of nitrogens with zero attached hydrogens (tertiary/aromatic N) is 3. The van der Waals surface area contributed by atoms with Crippen molar-refractivity contribution in [1.82, 2.24) is 9.37 Å². The number of hydrogen-bond acceptors (Lipinski definition) is 6. The zero-order chi connectivity index (χ0) is 21.3. The highest BCUT2D eigenvalue weighted by Crippen LogP contribution is 2.36. The van der Waals surface area contributed by atoms with Gasteiger partial charge in [0.2, 0.25) is 10.0 Å². The lowest BCUT2D eigenvalue weighted by Gasteiger charge is -2.37. The van der Waals surface area contributed by atoms with Gasteiger partial charge in [-0.05, 0) is 29.8 Å². The van der Waals surface area contributed by atoms with Crippen LogP contribution in [0.3, 0.4) is 0 Å². The Morgan fingerprint density at radius 2 is 1.80 bits per heavy atom. The molecule has 2 aliphatic heterocycles. The highest BCUT2D eigenvalue weighted by molar-refractivity contribution is 7.89. The van der Waals surface area contributed by atoms with Crippen molar-refractivity contribution in [3.05, 3.63) is 59.9 Å². The first kappa shape index (κ1) is 21.0. The molecule has 9 heteroatoms. The molecule has 0 unspecified atom stereocenters. The van der Waals surface area contributed by atoms with Crippen molar-refractivity contribution < 1.29 is 22.4 Å². The SMILES string of the molecule is COc1cccc([C@@H]2[C@@H](S(=O)(=O)N3CCN(c4ccccc4F)CC3)CON2C)c1. The maximum atomic E-state index is 14.1. The van der Waals surface area contributed by atoms with E-state index in [0.717, 1.165) is 5.56 Å². The standard InChI is InChI=1S/C21H26FN3O4S/c1-23-21(16-6-5-7-17(14-16)28-2)20(15-29-23)30(26,27)25-12-10-24(11-13-25)19-9-4-3-8-18(19)22/h3-9,14,20-21H,10-13,15H2,1-2H3/t20-,21+/m0/s1. The second-order valence-electron chi connectivity index (χ2n) is 7.48. The number of halogens is 1. The van der Waals surface area contributed by atoms with Gasteiger partial charge in [0.15, 0.2) is 0 Å². The Labute approximate surface area is 176 Å². The van der Waals surface area contributed by atoms with E-state index in [2.05, 4.69) is 0 Å². The van der Waals surface area contributed by atoms with Gasteiger partial charge in [-0.2, -0.15) is 9.37 Å². The van der Waals surface area contributed by atoms with Crippen LogP contribution in [-0.4, -0.2) is 70.0 Å². The highest BCUT2D eigenvalue weighted by atomic mass is 32.2. The fourth-order valence-corrected chi connectivity index (χ4v) is 6.12. The second kappa shape index (κ2) is 8.50. The lowest BCUT2D eigenvalue weighted by molar-refractivity contribution is -0.110. The van der Waals surface area contributed by atoms with Gasteiger partial charge >= 0.3 is 0 Å². The Bertz CT molecular complexity index is 995. The monoisotopic (exact) mass is 435 g/mol. The average Bonchev–Trinajstić information content (AvgIpc) is 3.16. The molecule has 162 valence electrons. The van der Waals surface area contributed by atoms with E-state index < -0.39 is 21.3 Å². The van der Waals surface area contributed by atoms with E-state index in [1.807, 2.05) is 29.2 Å². The summed E-state index contributed by atoms with van der Waals surface area (Å²) in [5.41, 5.74) is 1.33. The Hall–Kier alpha value is -2.20. The minimum atomic E-state index is -3.62. The van der Waals surface area contributed by atoms with E-state index in [1.54, 1.807) is 37.4 Å². The molecule has 2 aromatic rings. The third-order valence-corrected chi connectivity index (χ3v) is 8.04. The predicted octanol–water partition coefficient (Wildman–Crippen LogP) is 2.27. The van der Waals surface area contributed by atoms with Gasteiger partial charge in [-0.25, -0.2) is 12.8 Å². The Balaban J connectivity index is 1.52. The highest BCUT2D eigenvalue weighted by Gasteiger charge is 2.46. The minimum absolute atomic E-state index is 0.0915. The van der Waals surface area contributed by atoms with Crippen molar-refractivity contribution in [3.8, 4) is 5.75 Å². The van der Waals surface area contributed by atoms with Gasteiger partial charge in [-0.15, -0.1) is 0 Å². The van der Waals surface area contributed by atoms with Crippen molar-refractivity contribution in [1.29, 1.82) is 0 Å². The van der Waals surface area contributed by atoms with Crippen LogP contribution in [0.25, 0.3) is 0 Å². The zero-order valence-corrected chi connectivity index (χ0v) is 17.9. The Kier molecular flexibility index (Phi) is 5.97. The van der Waals surface area contributed by atoms with Crippen molar-refractivity contribution in [3.63, 3.8) is 0 Å². The number of methoxy groups -OCH3 is 1. The predicted molar refractivity (Wildman–Crippen MR) is 112 cm³/mol. The van der Waals surface area contributed by atoms with Gasteiger partial charge in [0, 0.05) is 33.2 Å². The summed E-state index contributed by atoms with van der Waals surface area (Å²) < 4.78 is 47.8. The number of anilines is 1. The second-order valence-corrected chi connectivity index (χ2v) is 9.64. The molecule has 4 rings (SSSR count). The number of hydrogen-bond donors (Lipinski definition) is 0. The molecule has 0 N–H and O–H groups in total. The Morgan fingerprint density at radius 1 is 1.07 bits per heavy atom. The van der Waals surface area contributed by atoms with E-state index in [-0.39, 0.29) is 12.4 Å². The lowest BCUT2D eigenvalue weighted by Crippen LogP contribution is -2.52. The van der Waals surface area contributed by atoms with E-state index in [0.29, 0.717) is 37.6 Å². The number of para-hydroxylation sites is 1. The van der Waals surface area contributed by atoms with E-state index in [1.165, 1.54) is 10.4 Å². The van der Waals surface area contributed by atoms with Crippen molar-refractivity contribution in [2.75, 3.05) is 51.8 Å². The van der Waals surface area contributed by atoms with Crippen LogP contribution in [0.4, 0.5) is 10.1 Å². The summed E-state index contributed by atoms with van der Waals surface area (Å²) in [6.45, 7) is 1.58. The third-order valence-electron chi connectivity index (χ3n) is 5.80. The molecule has 0 bridgehead atoms. The summed E-state index contributed by atoms with van der Waals surface area (Å²) in [5, 5.41) is 0.877. The molecule has 0 aliphatic carbocycles. The van der Waals surface area contributed by atoms with Crippen molar-refractivity contribution in [2.24, 2.45) is 0 Å². The number of rotatable bonds is 5. The summed E-state index contributed by atoms with van der Waals surface area (Å²) in [6.07, 6.45) is 0. The van der Waals surface area contributed by atoms with Gasteiger partial charge in [-0.1, -0.05) is 24.3 Å². The normalized spacial score (nSPS) is 23.6. The quantitative estimate of drug-likeness (QED) is 0.718. The molecule has 2 fully saturated rings. The fraction of sp³-hybridized carbons (Fsp3) is 0.429. The van der Waals surface area contributed by atoms with Crippen LogP contribution in [0, 0.1) is 5.82 Å². The first-order valence-corrected chi connectivity index (χ1v) is 11.4. The van der Waals surface area contributed by atoms with E-state index in [4.69, 9.17) is 9.57 Å². The summed E-state index contributed by atoms with van der Waals surface area (Å²) in [6, 6.07) is 13.5. The summed E-state index contributed by atoms with van der Waals surface area (Å²) >= 11 is 0. The van der Waals surface area contributed by atoms with Crippen LogP contribution in [0.2, 0.25) is 0 Å². The summed E-state index contributed by atoms with van der Waals surface area (Å²) in [7, 11) is -0.295. The lowest BCUT2D eigenvalue weighted by atomic mass is 10.0. The molecule has 7 nitrogen and oxygen atoms in total. The van der Waals surface area contributed by atoms with Gasteiger partial charge in [-0.3, -0.25) is 4.84 Å².